The van der Waals surface area contributed by atoms with Crippen molar-refractivity contribution in [3.05, 3.63) is 71.8 Å². The first-order chi connectivity index (χ1) is 13.1. The van der Waals surface area contributed by atoms with Gasteiger partial charge in [0.1, 0.15) is 0 Å². The van der Waals surface area contributed by atoms with Crippen LogP contribution in [-0.4, -0.2) is 31.6 Å². The summed E-state index contributed by atoms with van der Waals surface area (Å²) in [6.45, 7) is 4.41. The molecule has 27 heavy (non-hydrogen) atoms. The molecule has 0 heterocycles. The van der Waals surface area contributed by atoms with E-state index in [0.717, 1.165) is 12.8 Å². The topological polar surface area (TPSA) is 64.6 Å². The monoisotopic (exact) mass is 369 g/mol. The van der Waals surface area contributed by atoms with E-state index >= 15 is 0 Å². The minimum Gasteiger partial charge on any atom is -0.453 e. The van der Waals surface area contributed by atoms with Gasteiger partial charge in [-0.3, -0.25) is 4.79 Å². The van der Waals surface area contributed by atoms with Crippen molar-refractivity contribution in [2.75, 3.05) is 19.8 Å². The molecule has 0 fully saturated rings. The number of ether oxygens (including phenoxy) is 2. The highest BCUT2D eigenvalue weighted by atomic mass is 16.6. The van der Waals surface area contributed by atoms with Crippen molar-refractivity contribution in [3.8, 4) is 0 Å². The lowest BCUT2D eigenvalue weighted by molar-refractivity contribution is -0.170. The lowest BCUT2D eigenvalue weighted by Gasteiger charge is -2.32. The van der Waals surface area contributed by atoms with Gasteiger partial charge >= 0.3 is 5.97 Å². The average molecular weight is 369 g/mol. The van der Waals surface area contributed by atoms with E-state index in [1.807, 2.05) is 74.5 Å². The fraction of sp³-hybridized carbons (Fsp3) is 0.364. The second-order valence-electron chi connectivity index (χ2n) is 6.13. The van der Waals surface area contributed by atoms with Gasteiger partial charge in [0, 0.05) is 13.2 Å². The predicted molar refractivity (Wildman–Crippen MR) is 104 cm³/mol. The van der Waals surface area contributed by atoms with Crippen molar-refractivity contribution in [2.24, 2.45) is 0 Å². The van der Waals surface area contributed by atoms with Gasteiger partial charge in [-0.2, -0.15) is 0 Å². The number of unbranched alkanes of at least 4 members (excludes halogenated alkanes) is 1. The van der Waals surface area contributed by atoms with E-state index < -0.39 is 11.6 Å². The molecule has 0 spiro atoms. The van der Waals surface area contributed by atoms with E-state index in [4.69, 9.17) is 9.47 Å². The number of amides is 1. The zero-order chi connectivity index (χ0) is 19.5. The fourth-order valence-electron chi connectivity index (χ4n) is 2.88. The van der Waals surface area contributed by atoms with Crippen LogP contribution in [0.4, 0.5) is 0 Å². The van der Waals surface area contributed by atoms with Gasteiger partial charge in [0.25, 0.3) is 5.91 Å². The molecule has 0 aliphatic heterocycles. The quantitative estimate of drug-likeness (QED) is 0.515. The van der Waals surface area contributed by atoms with Crippen LogP contribution in [0, 0.1) is 0 Å². The summed E-state index contributed by atoms with van der Waals surface area (Å²) >= 11 is 0. The van der Waals surface area contributed by atoms with Gasteiger partial charge < -0.3 is 14.8 Å². The van der Waals surface area contributed by atoms with Gasteiger partial charge in [0.2, 0.25) is 5.60 Å². The number of hydrogen-bond acceptors (Lipinski definition) is 4. The molecule has 0 unspecified atom stereocenters. The van der Waals surface area contributed by atoms with Crippen molar-refractivity contribution < 1.29 is 19.1 Å². The molecule has 2 aromatic carbocycles. The molecule has 0 aromatic heterocycles. The number of carbonyl (C=O) groups is 2. The van der Waals surface area contributed by atoms with Gasteiger partial charge in [-0.1, -0.05) is 74.0 Å². The molecule has 0 saturated heterocycles. The molecule has 1 amide bonds. The van der Waals surface area contributed by atoms with Crippen LogP contribution in [0.25, 0.3) is 0 Å². The Balaban J connectivity index is 2.29. The lowest BCUT2D eigenvalue weighted by Crippen LogP contribution is -2.43. The largest absolute Gasteiger partial charge is 0.453 e. The van der Waals surface area contributed by atoms with E-state index in [0.29, 0.717) is 24.3 Å². The molecule has 0 aliphatic rings. The van der Waals surface area contributed by atoms with E-state index in [2.05, 4.69) is 5.32 Å². The zero-order valence-corrected chi connectivity index (χ0v) is 15.9. The Morgan fingerprint density at radius 1 is 0.926 bits per heavy atom. The molecule has 144 valence electrons. The fourth-order valence-corrected chi connectivity index (χ4v) is 2.88. The van der Waals surface area contributed by atoms with Crippen molar-refractivity contribution in [2.45, 2.75) is 32.3 Å². The summed E-state index contributed by atoms with van der Waals surface area (Å²) in [6, 6.07) is 18.4. The molecule has 1 N–H and O–H groups in total. The highest BCUT2D eigenvalue weighted by Crippen LogP contribution is 2.35. The number of esters is 1. The molecule has 0 saturated carbocycles. The normalized spacial score (nSPS) is 11.0. The molecule has 5 heteroatoms. The highest BCUT2D eigenvalue weighted by molar-refractivity contribution is 5.88. The number of carbonyl (C=O) groups excluding carboxylic acids is 2. The molecule has 0 radical (unpaired) electrons. The smallest absolute Gasteiger partial charge is 0.348 e. The standard InChI is InChI=1S/C22H27NO4/c1-3-5-16-23-20(24)17-26-21(25)22(27-4-2,18-12-8-6-9-13-18)19-14-10-7-11-15-19/h6-15H,3-5,16-17H2,1-2H3,(H,23,24). The SMILES string of the molecule is CCCCNC(=O)COC(=O)C(OCC)(c1ccccc1)c1ccccc1. The Morgan fingerprint density at radius 2 is 1.48 bits per heavy atom. The van der Waals surface area contributed by atoms with Gasteiger partial charge in [-0.15, -0.1) is 0 Å². The second-order valence-corrected chi connectivity index (χ2v) is 6.13. The first-order valence-corrected chi connectivity index (χ1v) is 9.34. The molecular formula is C22H27NO4. The van der Waals surface area contributed by atoms with E-state index in [-0.39, 0.29) is 12.5 Å². The van der Waals surface area contributed by atoms with Crippen LogP contribution in [0.5, 0.6) is 0 Å². The molecule has 2 aromatic rings. The maximum absolute atomic E-state index is 13.2. The summed E-state index contributed by atoms with van der Waals surface area (Å²) in [5, 5.41) is 2.74. The van der Waals surface area contributed by atoms with Crippen molar-refractivity contribution in [1.29, 1.82) is 0 Å². The number of benzene rings is 2. The maximum atomic E-state index is 13.2. The number of nitrogens with one attached hydrogen (secondary N) is 1. The average Bonchev–Trinajstić information content (AvgIpc) is 2.71. The minimum atomic E-state index is -1.42. The van der Waals surface area contributed by atoms with Crippen LogP contribution in [0.3, 0.4) is 0 Å². The molecule has 0 bridgehead atoms. The molecule has 0 atom stereocenters. The van der Waals surface area contributed by atoms with Crippen LogP contribution in [0.2, 0.25) is 0 Å². The summed E-state index contributed by atoms with van der Waals surface area (Å²) in [4.78, 5) is 25.1. The first-order valence-electron chi connectivity index (χ1n) is 9.34. The third kappa shape index (κ3) is 5.17. The Labute approximate surface area is 160 Å². The number of rotatable bonds is 10. The van der Waals surface area contributed by atoms with Gasteiger partial charge in [0.15, 0.2) is 6.61 Å². The third-order valence-electron chi connectivity index (χ3n) is 4.20. The predicted octanol–water partition coefficient (Wildman–Crippen LogP) is 3.43. The molecular weight excluding hydrogens is 342 g/mol. The zero-order valence-electron chi connectivity index (χ0n) is 15.9. The van der Waals surface area contributed by atoms with Crippen molar-refractivity contribution >= 4 is 11.9 Å². The van der Waals surface area contributed by atoms with E-state index in [9.17, 15) is 9.59 Å². The first kappa shape index (κ1) is 20.6. The Kier molecular flexibility index (Phi) is 8.01. The minimum absolute atomic E-state index is 0.307. The summed E-state index contributed by atoms with van der Waals surface area (Å²) < 4.78 is 11.4. The van der Waals surface area contributed by atoms with Gasteiger partial charge in [-0.25, -0.2) is 4.79 Å². The van der Waals surface area contributed by atoms with Crippen LogP contribution in [0.15, 0.2) is 60.7 Å². The summed E-state index contributed by atoms with van der Waals surface area (Å²) in [5.41, 5.74) is -0.0927. The van der Waals surface area contributed by atoms with E-state index in [1.165, 1.54) is 0 Å². The molecule has 0 aliphatic carbocycles. The summed E-state index contributed by atoms with van der Waals surface area (Å²) in [5.74, 6) is -0.921. The Morgan fingerprint density at radius 3 is 1.96 bits per heavy atom. The Bertz CT molecular complexity index is 676. The molecule has 2 rings (SSSR count). The van der Waals surface area contributed by atoms with Gasteiger partial charge in [0.05, 0.1) is 0 Å². The van der Waals surface area contributed by atoms with E-state index in [1.54, 1.807) is 0 Å². The van der Waals surface area contributed by atoms with Gasteiger partial charge in [-0.05, 0) is 24.5 Å². The second kappa shape index (κ2) is 10.5. The van der Waals surface area contributed by atoms with Crippen LogP contribution >= 0.6 is 0 Å². The van der Waals surface area contributed by atoms with Crippen LogP contribution in [-0.2, 0) is 24.7 Å². The highest BCUT2D eigenvalue weighted by Gasteiger charge is 2.45. The summed E-state index contributed by atoms with van der Waals surface area (Å²) in [7, 11) is 0. The maximum Gasteiger partial charge on any atom is 0.348 e. The van der Waals surface area contributed by atoms with Crippen molar-refractivity contribution in [1.82, 2.24) is 5.32 Å². The summed E-state index contributed by atoms with van der Waals surface area (Å²) in [6.07, 6.45) is 1.87. The Hall–Kier alpha value is -2.66. The number of hydrogen-bond donors (Lipinski definition) is 1. The molecule has 5 nitrogen and oxygen atoms in total. The lowest BCUT2D eigenvalue weighted by atomic mass is 9.86. The van der Waals surface area contributed by atoms with Crippen LogP contribution in [0.1, 0.15) is 37.8 Å². The van der Waals surface area contributed by atoms with Crippen molar-refractivity contribution in [3.63, 3.8) is 0 Å². The van der Waals surface area contributed by atoms with Crippen LogP contribution < -0.4 is 5.32 Å². The third-order valence-corrected chi connectivity index (χ3v) is 4.20.